The van der Waals surface area contributed by atoms with Gasteiger partial charge in [-0.1, -0.05) is 18.2 Å². The highest BCUT2D eigenvalue weighted by Crippen LogP contribution is 2.26. The van der Waals surface area contributed by atoms with Gasteiger partial charge in [0.2, 0.25) is 0 Å². The summed E-state index contributed by atoms with van der Waals surface area (Å²) in [5.41, 5.74) is -0.322. The van der Waals surface area contributed by atoms with Crippen molar-refractivity contribution < 1.29 is 17.6 Å². The highest BCUT2D eigenvalue weighted by molar-refractivity contribution is 5.41. The Morgan fingerprint density at radius 3 is 2.06 bits per heavy atom. The van der Waals surface area contributed by atoms with Crippen LogP contribution in [0.25, 0.3) is 0 Å². The number of halogens is 4. The van der Waals surface area contributed by atoms with Crippen LogP contribution in [0.3, 0.4) is 0 Å². The summed E-state index contributed by atoms with van der Waals surface area (Å²) < 4.78 is 51.6. The lowest BCUT2D eigenvalue weighted by Gasteiger charge is -2.00. The summed E-state index contributed by atoms with van der Waals surface area (Å²) in [6.07, 6.45) is 0. The number of hydrogen-bond acceptors (Lipinski definition) is 2. The Morgan fingerprint density at radius 1 is 0.722 bits per heavy atom. The molecule has 2 aromatic rings. The highest BCUT2D eigenvalue weighted by atomic mass is 19.2. The van der Waals surface area contributed by atoms with Gasteiger partial charge in [-0.15, -0.1) is 5.11 Å². The standard InChI is InChI=1S/C12H6F4N2/c13-8-6-9(11(15)12(16)10(8)14)18-17-7-4-2-1-3-5-7/h1-6H/b18-17+. The summed E-state index contributed by atoms with van der Waals surface area (Å²) in [6, 6.07) is 8.64. The smallest absolute Gasteiger partial charge is 0.199 e. The van der Waals surface area contributed by atoms with Crippen LogP contribution < -0.4 is 0 Å². The molecule has 6 heteroatoms. The Balaban J connectivity index is 2.39. The molecule has 0 heterocycles. The lowest BCUT2D eigenvalue weighted by molar-refractivity contribution is 0.410. The molecule has 0 amide bonds. The fraction of sp³-hybridized carbons (Fsp3) is 0. The minimum Gasteiger partial charge on any atom is -0.204 e. The van der Waals surface area contributed by atoms with Crippen LogP contribution in [0.5, 0.6) is 0 Å². The summed E-state index contributed by atoms with van der Waals surface area (Å²) in [5, 5.41) is 6.92. The monoisotopic (exact) mass is 254 g/mol. The predicted octanol–water partition coefficient (Wildman–Crippen LogP) is 4.66. The van der Waals surface area contributed by atoms with Gasteiger partial charge in [-0.25, -0.2) is 17.6 Å². The van der Waals surface area contributed by atoms with E-state index in [4.69, 9.17) is 0 Å². The van der Waals surface area contributed by atoms with E-state index in [-0.39, 0.29) is 0 Å². The highest BCUT2D eigenvalue weighted by Gasteiger charge is 2.18. The fourth-order valence-electron chi connectivity index (χ4n) is 1.24. The molecule has 0 bridgehead atoms. The van der Waals surface area contributed by atoms with Crippen molar-refractivity contribution in [2.45, 2.75) is 0 Å². The molecule has 2 rings (SSSR count). The molecule has 0 unspecified atom stereocenters. The van der Waals surface area contributed by atoms with Crippen LogP contribution in [-0.2, 0) is 0 Å². The molecule has 0 atom stereocenters. The molecule has 0 aromatic heterocycles. The molecule has 92 valence electrons. The van der Waals surface area contributed by atoms with E-state index in [9.17, 15) is 17.6 Å². The summed E-state index contributed by atoms with van der Waals surface area (Å²) in [4.78, 5) is 0. The van der Waals surface area contributed by atoms with Crippen LogP contribution in [-0.4, -0.2) is 0 Å². The number of benzene rings is 2. The molecule has 0 aliphatic rings. The number of nitrogens with zero attached hydrogens (tertiary/aromatic N) is 2. The van der Waals surface area contributed by atoms with Crippen LogP contribution in [0.15, 0.2) is 46.6 Å². The molecule has 0 aliphatic carbocycles. The molecule has 0 saturated carbocycles. The van der Waals surface area contributed by atoms with Crippen molar-refractivity contribution in [3.8, 4) is 0 Å². The first-order valence-electron chi connectivity index (χ1n) is 4.89. The van der Waals surface area contributed by atoms with Gasteiger partial charge in [0.1, 0.15) is 5.69 Å². The van der Waals surface area contributed by atoms with Crippen LogP contribution in [0.4, 0.5) is 28.9 Å². The average Bonchev–Trinajstić information content (AvgIpc) is 2.40. The van der Waals surface area contributed by atoms with Gasteiger partial charge < -0.3 is 0 Å². The van der Waals surface area contributed by atoms with Crippen molar-refractivity contribution >= 4 is 11.4 Å². The molecular formula is C12H6F4N2. The second-order valence-electron chi connectivity index (χ2n) is 3.36. The molecule has 0 radical (unpaired) electrons. The number of azo groups is 1. The molecule has 18 heavy (non-hydrogen) atoms. The maximum absolute atomic E-state index is 13.2. The topological polar surface area (TPSA) is 24.7 Å². The zero-order valence-corrected chi connectivity index (χ0v) is 8.87. The predicted molar refractivity (Wildman–Crippen MR) is 56.9 cm³/mol. The molecule has 2 nitrogen and oxygen atoms in total. The summed E-state index contributed by atoms with van der Waals surface area (Å²) in [5.74, 6) is -6.87. The Labute approximate surface area is 99.6 Å². The van der Waals surface area contributed by atoms with Crippen molar-refractivity contribution in [2.24, 2.45) is 10.2 Å². The summed E-state index contributed by atoms with van der Waals surface area (Å²) in [6.45, 7) is 0. The molecule has 0 fully saturated rings. The first-order valence-corrected chi connectivity index (χ1v) is 4.89. The minimum atomic E-state index is -1.91. The third kappa shape index (κ3) is 2.37. The van der Waals surface area contributed by atoms with Crippen molar-refractivity contribution in [2.75, 3.05) is 0 Å². The van der Waals surface area contributed by atoms with Gasteiger partial charge >= 0.3 is 0 Å². The van der Waals surface area contributed by atoms with Gasteiger partial charge in [-0.3, -0.25) is 0 Å². The van der Waals surface area contributed by atoms with E-state index < -0.39 is 29.0 Å². The summed E-state index contributed by atoms with van der Waals surface area (Å²) >= 11 is 0. The van der Waals surface area contributed by atoms with E-state index in [2.05, 4.69) is 10.2 Å². The van der Waals surface area contributed by atoms with Crippen molar-refractivity contribution in [1.29, 1.82) is 0 Å². The Hall–Kier alpha value is -2.24. The van der Waals surface area contributed by atoms with Crippen LogP contribution >= 0.6 is 0 Å². The minimum absolute atomic E-state index is 0.377. The lowest BCUT2D eigenvalue weighted by Crippen LogP contribution is -1.94. The molecular weight excluding hydrogens is 248 g/mol. The van der Waals surface area contributed by atoms with Crippen molar-refractivity contribution in [1.82, 2.24) is 0 Å². The van der Waals surface area contributed by atoms with Crippen molar-refractivity contribution in [3.63, 3.8) is 0 Å². The van der Waals surface area contributed by atoms with Gasteiger partial charge in [0.05, 0.1) is 5.69 Å². The normalized spacial score (nSPS) is 11.1. The molecule has 0 saturated heterocycles. The van der Waals surface area contributed by atoms with Gasteiger partial charge in [0.15, 0.2) is 23.3 Å². The SMILES string of the molecule is Fc1cc(/N=N/c2ccccc2)c(F)c(F)c1F. The Morgan fingerprint density at radius 2 is 1.39 bits per heavy atom. The van der Waals surface area contributed by atoms with Gasteiger partial charge in [0, 0.05) is 6.07 Å². The van der Waals surface area contributed by atoms with E-state index in [1.165, 1.54) is 0 Å². The second kappa shape index (κ2) is 4.95. The molecule has 0 aliphatic heterocycles. The second-order valence-corrected chi connectivity index (χ2v) is 3.36. The van der Waals surface area contributed by atoms with Crippen LogP contribution in [0.2, 0.25) is 0 Å². The number of rotatable bonds is 2. The quantitative estimate of drug-likeness (QED) is 0.322. The van der Waals surface area contributed by atoms with Crippen LogP contribution in [0.1, 0.15) is 0 Å². The maximum Gasteiger partial charge on any atom is 0.199 e. The average molecular weight is 254 g/mol. The van der Waals surface area contributed by atoms with Crippen LogP contribution in [0, 0.1) is 23.3 Å². The first kappa shape index (κ1) is 12.2. The Kier molecular flexibility index (Phi) is 3.36. The lowest BCUT2D eigenvalue weighted by atomic mass is 10.3. The largest absolute Gasteiger partial charge is 0.204 e. The Bertz CT molecular complexity index is 597. The van der Waals surface area contributed by atoms with Gasteiger partial charge in [-0.2, -0.15) is 5.11 Å². The summed E-state index contributed by atoms with van der Waals surface area (Å²) in [7, 11) is 0. The van der Waals surface area contributed by atoms with Gasteiger partial charge in [-0.05, 0) is 12.1 Å². The van der Waals surface area contributed by atoms with E-state index >= 15 is 0 Å². The van der Waals surface area contributed by atoms with E-state index in [0.717, 1.165) is 0 Å². The van der Waals surface area contributed by atoms with E-state index in [1.54, 1.807) is 30.3 Å². The van der Waals surface area contributed by atoms with E-state index in [0.29, 0.717) is 11.8 Å². The third-order valence-electron chi connectivity index (χ3n) is 2.11. The number of hydrogen-bond donors (Lipinski definition) is 0. The third-order valence-corrected chi connectivity index (χ3v) is 2.11. The first-order chi connectivity index (χ1) is 8.59. The van der Waals surface area contributed by atoms with Gasteiger partial charge in [0.25, 0.3) is 0 Å². The zero-order chi connectivity index (χ0) is 13.1. The fourth-order valence-corrected chi connectivity index (χ4v) is 1.24. The zero-order valence-electron chi connectivity index (χ0n) is 8.87. The molecule has 0 N–H and O–H groups in total. The maximum atomic E-state index is 13.2. The molecule has 2 aromatic carbocycles. The molecule has 0 spiro atoms. The van der Waals surface area contributed by atoms with E-state index in [1.807, 2.05) is 0 Å². The van der Waals surface area contributed by atoms with Crippen molar-refractivity contribution in [3.05, 3.63) is 59.7 Å².